The maximum atomic E-state index is 13.8. The quantitative estimate of drug-likeness (QED) is 0.771. The summed E-state index contributed by atoms with van der Waals surface area (Å²) in [6.45, 7) is 0. The van der Waals surface area contributed by atoms with Crippen molar-refractivity contribution in [3.63, 3.8) is 0 Å². The lowest BCUT2D eigenvalue weighted by Crippen LogP contribution is -2.31. The molecule has 0 saturated heterocycles. The zero-order valence-electron chi connectivity index (χ0n) is 9.48. The molecule has 1 aliphatic carbocycles. The van der Waals surface area contributed by atoms with Crippen molar-refractivity contribution in [2.24, 2.45) is 5.73 Å². The van der Waals surface area contributed by atoms with Gasteiger partial charge in [0.1, 0.15) is 6.17 Å². The molecule has 0 fully saturated rings. The van der Waals surface area contributed by atoms with Crippen LogP contribution in [0.5, 0.6) is 0 Å². The average Bonchev–Trinajstić information content (AvgIpc) is 2.34. The van der Waals surface area contributed by atoms with Crippen molar-refractivity contribution in [3.8, 4) is 0 Å². The standard InChI is InChI=1S/C11H9ClFIN4O/c12-9-4-6(10(15)19)11(18-17-9)16-8-2-1-5(14)3-7(8)13/h1-4,7-8H,(H2,15,19)(H,16,18). The van der Waals surface area contributed by atoms with Crippen molar-refractivity contribution in [2.45, 2.75) is 12.2 Å². The van der Waals surface area contributed by atoms with Gasteiger partial charge in [0.25, 0.3) is 5.91 Å². The predicted octanol–water partition coefficient (Wildman–Crippen LogP) is 2.24. The maximum Gasteiger partial charge on any atom is 0.252 e. The number of aromatic nitrogens is 2. The van der Waals surface area contributed by atoms with Gasteiger partial charge in [-0.25, -0.2) is 4.39 Å². The number of nitrogens with zero attached hydrogens (tertiary/aromatic N) is 2. The number of alkyl halides is 1. The summed E-state index contributed by atoms with van der Waals surface area (Å²) in [4.78, 5) is 11.3. The Kier molecular flexibility index (Phi) is 4.35. The van der Waals surface area contributed by atoms with Crippen LogP contribution < -0.4 is 11.1 Å². The van der Waals surface area contributed by atoms with Crippen LogP contribution in [-0.4, -0.2) is 28.3 Å². The number of nitrogens with one attached hydrogen (secondary N) is 1. The summed E-state index contributed by atoms with van der Waals surface area (Å²) in [6, 6.07) is 0.658. The molecule has 19 heavy (non-hydrogen) atoms. The lowest BCUT2D eigenvalue weighted by Gasteiger charge is -2.21. The van der Waals surface area contributed by atoms with E-state index in [1.807, 2.05) is 22.6 Å². The van der Waals surface area contributed by atoms with Crippen molar-refractivity contribution in [3.05, 3.63) is 38.6 Å². The van der Waals surface area contributed by atoms with Gasteiger partial charge in [-0.2, -0.15) is 0 Å². The summed E-state index contributed by atoms with van der Waals surface area (Å²) in [5.74, 6) is -0.598. The number of anilines is 1. The summed E-state index contributed by atoms with van der Waals surface area (Å²) in [5, 5.41) is 10.2. The molecule has 100 valence electrons. The van der Waals surface area contributed by atoms with Gasteiger partial charge in [-0.1, -0.05) is 23.8 Å². The molecule has 0 aliphatic heterocycles. The molecule has 1 aromatic rings. The molecule has 0 spiro atoms. The van der Waals surface area contributed by atoms with Crippen LogP contribution in [0.4, 0.5) is 10.2 Å². The Morgan fingerprint density at radius 3 is 2.89 bits per heavy atom. The Labute approximate surface area is 127 Å². The van der Waals surface area contributed by atoms with Gasteiger partial charge in [0.2, 0.25) is 0 Å². The van der Waals surface area contributed by atoms with Gasteiger partial charge in [-0.3, -0.25) is 4.79 Å². The second-order valence-electron chi connectivity index (χ2n) is 3.82. The van der Waals surface area contributed by atoms with Crippen molar-refractivity contribution in [1.82, 2.24) is 10.2 Å². The van der Waals surface area contributed by atoms with Crippen molar-refractivity contribution >= 4 is 45.9 Å². The first-order valence-corrected chi connectivity index (χ1v) is 6.72. The highest BCUT2D eigenvalue weighted by atomic mass is 127. The number of carbonyl (C=O) groups excluding carboxylic acids is 1. The molecule has 2 rings (SSSR count). The van der Waals surface area contributed by atoms with E-state index in [2.05, 4.69) is 15.5 Å². The zero-order chi connectivity index (χ0) is 14.0. The molecule has 2 atom stereocenters. The summed E-state index contributed by atoms with van der Waals surface area (Å²) >= 11 is 7.67. The van der Waals surface area contributed by atoms with Crippen molar-refractivity contribution in [2.75, 3.05) is 5.32 Å². The molecular weight excluding hydrogens is 386 g/mol. The van der Waals surface area contributed by atoms with Crippen LogP contribution in [0.3, 0.4) is 0 Å². The molecule has 5 nitrogen and oxygen atoms in total. The summed E-state index contributed by atoms with van der Waals surface area (Å²) < 4.78 is 14.6. The van der Waals surface area contributed by atoms with Crippen LogP contribution in [0.25, 0.3) is 0 Å². The molecule has 0 radical (unpaired) electrons. The van der Waals surface area contributed by atoms with Crippen LogP contribution in [0.1, 0.15) is 10.4 Å². The number of hydrogen-bond donors (Lipinski definition) is 2. The maximum absolute atomic E-state index is 13.8. The highest BCUT2D eigenvalue weighted by molar-refractivity contribution is 14.1. The molecule has 1 aliphatic rings. The minimum absolute atomic E-state index is 0.0461. The van der Waals surface area contributed by atoms with Crippen molar-refractivity contribution < 1.29 is 9.18 Å². The fourth-order valence-electron chi connectivity index (χ4n) is 1.56. The van der Waals surface area contributed by atoms with Gasteiger partial charge in [-0.05, 0) is 34.7 Å². The highest BCUT2D eigenvalue weighted by Gasteiger charge is 2.22. The number of nitrogens with two attached hydrogens (primary N) is 1. The monoisotopic (exact) mass is 394 g/mol. The van der Waals surface area contributed by atoms with Gasteiger partial charge in [-0.15, -0.1) is 10.2 Å². The predicted molar refractivity (Wildman–Crippen MR) is 79.1 cm³/mol. The van der Waals surface area contributed by atoms with Crippen LogP contribution in [0.2, 0.25) is 5.15 Å². The largest absolute Gasteiger partial charge is 0.365 e. The van der Waals surface area contributed by atoms with E-state index in [0.717, 1.165) is 3.58 Å². The third-order valence-corrected chi connectivity index (χ3v) is 3.36. The lowest BCUT2D eigenvalue weighted by atomic mass is 10.1. The Balaban J connectivity index is 2.25. The Morgan fingerprint density at radius 1 is 1.53 bits per heavy atom. The van der Waals surface area contributed by atoms with E-state index in [0.29, 0.717) is 0 Å². The molecule has 8 heteroatoms. The minimum atomic E-state index is -1.23. The second-order valence-corrected chi connectivity index (χ2v) is 5.45. The summed E-state index contributed by atoms with van der Waals surface area (Å²) in [6.07, 6.45) is 3.65. The molecule has 1 aromatic heterocycles. The zero-order valence-corrected chi connectivity index (χ0v) is 12.4. The van der Waals surface area contributed by atoms with Gasteiger partial charge >= 0.3 is 0 Å². The van der Waals surface area contributed by atoms with Gasteiger partial charge < -0.3 is 11.1 Å². The third-order valence-electron chi connectivity index (χ3n) is 2.46. The molecule has 1 amide bonds. The average molecular weight is 395 g/mol. The van der Waals surface area contributed by atoms with Crippen LogP contribution in [0.15, 0.2) is 27.9 Å². The van der Waals surface area contributed by atoms with Crippen LogP contribution in [-0.2, 0) is 0 Å². The van der Waals surface area contributed by atoms with Gasteiger partial charge in [0.05, 0.1) is 11.6 Å². The Morgan fingerprint density at radius 2 is 2.26 bits per heavy atom. The number of primary amides is 1. The fourth-order valence-corrected chi connectivity index (χ4v) is 2.26. The first-order valence-electron chi connectivity index (χ1n) is 5.26. The number of carbonyl (C=O) groups is 1. The molecule has 2 unspecified atom stereocenters. The van der Waals surface area contributed by atoms with E-state index < -0.39 is 18.1 Å². The highest BCUT2D eigenvalue weighted by Crippen LogP contribution is 2.23. The fraction of sp³-hybridized carbons (Fsp3) is 0.182. The van der Waals surface area contributed by atoms with E-state index in [4.69, 9.17) is 17.3 Å². The van der Waals surface area contributed by atoms with Gasteiger partial charge in [0.15, 0.2) is 11.0 Å². The number of amides is 1. The molecular formula is C11H9ClFIN4O. The van der Waals surface area contributed by atoms with Crippen LogP contribution in [0, 0.1) is 0 Å². The Hall–Kier alpha value is -1.22. The molecule has 0 saturated carbocycles. The lowest BCUT2D eigenvalue weighted by molar-refractivity contribution is 0.100. The first kappa shape index (κ1) is 14.2. The van der Waals surface area contributed by atoms with E-state index in [9.17, 15) is 9.18 Å². The minimum Gasteiger partial charge on any atom is -0.365 e. The second kappa shape index (κ2) is 5.83. The van der Waals surface area contributed by atoms with Crippen molar-refractivity contribution in [1.29, 1.82) is 0 Å². The summed E-state index contributed by atoms with van der Waals surface area (Å²) in [7, 11) is 0. The smallest absolute Gasteiger partial charge is 0.252 e. The topological polar surface area (TPSA) is 80.9 Å². The van der Waals surface area contributed by atoms with E-state index in [1.54, 1.807) is 12.2 Å². The summed E-state index contributed by atoms with van der Waals surface area (Å²) in [5.41, 5.74) is 5.29. The first-order chi connectivity index (χ1) is 8.97. The number of halogens is 3. The Bertz CT molecular complexity index is 578. The number of allylic oxidation sites excluding steroid dienone is 2. The third kappa shape index (κ3) is 3.41. The van der Waals surface area contributed by atoms with E-state index in [-0.39, 0.29) is 16.5 Å². The molecule has 3 N–H and O–H groups in total. The number of rotatable bonds is 3. The number of hydrogen-bond acceptors (Lipinski definition) is 4. The van der Waals surface area contributed by atoms with E-state index >= 15 is 0 Å². The molecule has 0 bridgehead atoms. The van der Waals surface area contributed by atoms with E-state index in [1.165, 1.54) is 12.1 Å². The molecule has 0 aromatic carbocycles. The molecule has 1 heterocycles. The van der Waals surface area contributed by atoms with Crippen LogP contribution >= 0.6 is 34.2 Å². The normalized spacial score (nSPS) is 21.9. The SMILES string of the molecule is NC(=O)c1cc(Cl)nnc1NC1C=CC(I)=CC1F. The van der Waals surface area contributed by atoms with Gasteiger partial charge in [0, 0.05) is 3.58 Å².